The molecular weight excluding hydrogens is 997 g/mol. The van der Waals surface area contributed by atoms with E-state index in [-0.39, 0.29) is 74.8 Å². The molecule has 0 radical (unpaired) electrons. The molecule has 0 aliphatic carbocycles. The third kappa shape index (κ3) is 117. The van der Waals surface area contributed by atoms with E-state index >= 15 is 0 Å². The molecule has 0 spiro atoms. The Bertz CT molecular complexity index is 721. The fourth-order valence-electron chi connectivity index (χ4n) is 1.10. The number of allylic oxidation sites excluding steroid dienone is 4. The van der Waals surface area contributed by atoms with Crippen molar-refractivity contribution in [1.82, 2.24) is 0 Å². The van der Waals surface area contributed by atoms with Gasteiger partial charge < -0.3 is 40.9 Å². The summed E-state index contributed by atoms with van der Waals surface area (Å²) in [7, 11) is 0. The number of ketones is 2. The van der Waals surface area contributed by atoms with E-state index in [4.69, 9.17) is 0 Å². The molecule has 52 heavy (non-hydrogen) atoms. The normalized spacial score (nSPS) is 11.4. The van der Waals surface area contributed by atoms with Gasteiger partial charge in [0.05, 0.1) is 0 Å². The zero-order valence-electron chi connectivity index (χ0n) is 37.7. The summed E-state index contributed by atoms with van der Waals surface area (Å²) in [5.74, 6) is -0.417. The van der Waals surface area contributed by atoms with Crippen molar-refractivity contribution in [2.75, 3.05) is 0 Å². The second-order valence-electron chi connectivity index (χ2n) is 17.0. The fraction of sp³-hybridized carbons (Fsp3) is 0.850. The van der Waals surface area contributed by atoms with Crippen molar-refractivity contribution in [1.29, 1.82) is 0 Å². The summed E-state index contributed by atoms with van der Waals surface area (Å²) >= 11 is 0. The molecule has 0 fully saturated rings. The maximum atomic E-state index is 11.4. The molecule has 12 heteroatoms. The van der Waals surface area contributed by atoms with Crippen molar-refractivity contribution >= 4 is 11.6 Å². The van der Waals surface area contributed by atoms with Crippen LogP contribution >= 0.6 is 0 Å². The molecule has 10 nitrogen and oxygen atoms in total. The Labute approximate surface area is 359 Å². The van der Waals surface area contributed by atoms with E-state index in [0.29, 0.717) is 0 Å². The maximum Gasteiger partial charge on any atom is 4.00 e. The van der Waals surface area contributed by atoms with E-state index < -0.39 is 58.3 Å². The Balaban J connectivity index is -0.0000000520. The quantitative estimate of drug-likeness (QED) is 0.223. The SMILES string of the molecule is CC(C)(C)C(=O)/C=C(\[O-])C(C)(C)C.CC(C)(C)C(=O)/C=C(\[O-])C(C)(C)C.CC(C)[O-].CC(C)[O-].CC(C)[O-].CC(C)[O-].CC(C)[O-].CC(C)[O-].[Hf+4].[Hf+4]. The van der Waals surface area contributed by atoms with Gasteiger partial charge in [0.2, 0.25) is 0 Å². The molecule has 0 heterocycles. The zero-order valence-corrected chi connectivity index (χ0v) is 44.9. The van der Waals surface area contributed by atoms with Gasteiger partial charge in [-0.1, -0.05) is 166 Å². The molecule has 0 aromatic heterocycles. The topological polar surface area (TPSA) is 219 Å². The predicted molar refractivity (Wildman–Crippen MR) is 195 cm³/mol. The summed E-state index contributed by atoms with van der Waals surface area (Å²) in [5.41, 5.74) is -1.83. The second kappa shape index (κ2) is 40.6. The minimum Gasteiger partial charge on any atom is -0.875 e. The van der Waals surface area contributed by atoms with E-state index in [1.807, 2.05) is 83.1 Å². The standard InChI is InChI=1S/2C11H20O2.6C3H7O.2Hf/c2*1-10(2,3)8(12)7-9(13)11(4,5)6;6*1-3(2)4;;/h2*7,12H,1-6H3;6*3H,1-2H3;;/q;;6*-1;2*+4/p-2/b2*8-7-;;;;;;;;. The van der Waals surface area contributed by atoms with Crippen LogP contribution in [0.1, 0.15) is 166 Å². The molecule has 0 rings (SSSR count). The van der Waals surface area contributed by atoms with E-state index in [1.165, 1.54) is 12.2 Å². The van der Waals surface area contributed by atoms with Crippen LogP contribution in [0.25, 0.3) is 0 Å². The summed E-state index contributed by atoms with van der Waals surface area (Å²) in [4.78, 5) is 22.9. The molecule has 0 aliphatic heterocycles. The summed E-state index contributed by atoms with van der Waals surface area (Å²) < 4.78 is 0. The van der Waals surface area contributed by atoms with Gasteiger partial charge in [-0.2, -0.15) is 0 Å². The summed E-state index contributed by atoms with van der Waals surface area (Å²) in [6.07, 6.45) is -0.0556. The average molecular weight is 1080 g/mol. The molecule has 0 N–H and O–H groups in total. The van der Waals surface area contributed by atoms with Gasteiger partial charge in [0, 0.05) is 10.8 Å². The Morgan fingerprint density at radius 2 is 0.442 bits per heavy atom. The van der Waals surface area contributed by atoms with Gasteiger partial charge in [-0.05, 0) is 23.0 Å². The first-order valence-corrected chi connectivity index (χ1v) is 17.3. The van der Waals surface area contributed by atoms with E-state index in [2.05, 4.69) is 0 Å². The van der Waals surface area contributed by atoms with Gasteiger partial charge in [0.25, 0.3) is 0 Å². The monoisotopic (exact) mass is 1080 g/mol. The first kappa shape index (κ1) is 76.6. The third-order valence-electron chi connectivity index (χ3n) is 3.48. The first-order valence-electron chi connectivity index (χ1n) is 17.3. The molecule has 0 amide bonds. The maximum absolute atomic E-state index is 11.4. The number of hydrogen-bond acceptors (Lipinski definition) is 10. The van der Waals surface area contributed by atoms with Gasteiger partial charge >= 0.3 is 51.7 Å². The molecule has 0 bridgehead atoms. The molecule has 0 aromatic carbocycles. The second-order valence-corrected chi connectivity index (χ2v) is 17.0. The van der Waals surface area contributed by atoms with Crippen molar-refractivity contribution in [2.45, 2.75) is 203 Å². The first-order chi connectivity index (χ1) is 21.5. The molecule has 0 aromatic rings. The summed E-state index contributed by atoms with van der Waals surface area (Å²) in [6, 6.07) is 0. The Hall–Kier alpha value is -0.0797. The van der Waals surface area contributed by atoms with Crippen LogP contribution in [-0.4, -0.2) is 48.2 Å². The average Bonchev–Trinajstić information content (AvgIpc) is 2.74. The summed E-state index contributed by atoms with van der Waals surface area (Å²) in [6.45, 7) is 41.0. The van der Waals surface area contributed by atoms with Gasteiger partial charge in [-0.3, -0.25) is 9.59 Å². The van der Waals surface area contributed by atoms with Crippen molar-refractivity contribution in [3.05, 3.63) is 23.7 Å². The molecule has 0 saturated carbocycles. The molecule has 0 saturated heterocycles. The largest absolute Gasteiger partial charge is 4.00 e. The predicted octanol–water partition coefficient (Wildman–Crippen LogP) is 2.31. The minimum absolute atomic E-state index is 0. The molecule has 0 aliphatic rings. The van der Waals surface area contributed by atoms with Crippen molar-refractivity contribution in [2.24, 2.45) is 21.7 Å². The number of hydrogen-bond donors (Lipinski definition) is 0. The number of carbonyl (C=O) groups excluding carboxylic acids is 2. The van der Waals surface area contributed by atoms with E-state index in [9.17, 15) is 50.4 Å². The van der Waals surface area contributed by atoms with Crippen LogP contribution < -0.4 is 40.9 Å². The third-order valence-corrected chi connectivity index (χ3v) is 3.48. The van der Waals surface area contributed by atoms with Crippen LogP contribution in [0.5, 0.6) is 0 Å². The Kier molecular flexibility index (Phi) is 59.8. The van der Waals surface area contributed by atoms with E-state index in [1.54, 1.807) is 83.1 Å². The van der Waals surface area contributed by atoms with Gasteiger partial charge in [-0.15, -0.1) is 48.1 Å². The fourth-order valence-corrected chi connectivity index (χ4v) is 1.10. The van der Waals surface area contributed by atoms with Crippen LogP contribution in [0, 0.1) is 21.7 Å². The molecular formula is C40H80Hf2O10. The zero-order chi connectivity index (χ0) is 43.2. The van der Waals surface area contributed by atoms with Crippen LogP contribution in [0.3, 0.4) is 0 Å². The molecule has 0 unspecified atom stereocenters. The van der Waals surface area contributed by atoms with Crippen molar-refractivity contribution in [3.63, 3.8) is 0 Å². The minimum atomic E-state index is -0.457. The number of rotatable bonds is 2. The van der Waals surface area contributed by atoms with Crippen LogP contribution in [-0.2, 0) is 61.3 Å². The van der Waals surface area contributed by atoms with Gasteiger partial charge in [0.15, 0.2) is 11.6 Å². The van der Waals surface area contributed by atoms with Gasteiger partial charge in [-0.25, -0.2) is 0 Å². The Morgan fingerprint density at radius 3 is 0.500 bits per heavy atom. The van der Waals surface area contributed by atoms with Crippen molar-refractivity contribution in [3.8, 4) is 0 Å². The summed E-state index contributed by atoms with van der Waals surface area (Å²) in [5, 5.41) is 80.1. The van der Waals surface area contributed by atoms with Crippen LogP contribution in [0.4, 0.5) is 0 Å². The van der Waals surface area contributed by atoms with Crippen molar-refractivity contribution < 1.29 is 102 Å². The number of carbonyl (C=O) groups is 2. The van der Waals surface area contributed by atoms with E-state index in [0.717, 1.165) is 0 Å². The van der Waals surface area contributed by atoms with Crippen LogP contribution in [0.15, 0.2) is 23.7 Å². The van der Waals surface area contributed by atoms with Crippen LogP contribution in [0.2, 0.25) is 0 Å². The van der Waals surface area contributed by atoms with Gasteiger partial charge in [0.1, 0.15) is 0 Å². The molecule has 308 valence electrons. The Morgan fingerprint density at radius 1 is 0.346 bits per heavy atom. The smallest absolute Gasteiger partial charge is 0.875 e. The molecule has 0 atom stereocenters.